The Morgan fingerprint density at radius 3 is 2.81 bits per heavy atom. The highest BCUT2D eigenvalue weighted by Gasteiger charge is 2.30. The van der Waals surface area contributed by atoms with Crippen molar-refractivity contribution >= 4 is 11.5 Å². The maximum atomic E-state index is 5.58. The summed E-state index contributed by atoms with van der Waals surface area (Å²) < 4.78 is 12.9. The zero-order chi connectivity index (χ0) is 20.8. The minimum atomic E-state index is 0.391. The standard InChI is InChI=1S/C23H28N6O2/c1-30-20-9-21-25-11-19(29(21)28-22(20)14-4-5-14)18-7-6-17(15-12-31-13-15)23(27-18)26-16-3-2-8-24-10-16/h6-7,9,11,14-16,24H,2-5,8,10,12-13H2,1H3,(H,26,27)/t16-/m0/s1. The van der Waals surface area contributed by atoms with Crippen LogP contribution in [0.2, 0.25) is 0 Å². The molecule has 3 fully saturated rings. The Kier molecular flexibility index (Phi) is 4.76. The second-order valence-electron chi connectivity index (χ2n) is 8.84. The molecule has 1 aliphatic carbocycles. The Morgan fingerprint density at radius 1 is 1.19 bits per heavy atom. The largest absolute Gasteiger partial charge is 0.495 e. The highest BCUT2D eigenvalue weighted by atomic mass is 16.5. The Bertz CT molecular complexity index is 1100. The minimum Gasteiger partial charge on any atom is -0.495 e. The van der Waals surface area contributed by atoms with E-state index < -0.39 is 0 Å². The average Bonchev–Trinajstić information content (AvgIpc) is 3.53. The van der Waals surface area contributed by atoms with Crippen LogP contribution in [0.3, 0.4) is 0 Å². The molecule has 0 aromatic carbocycles. The summed E-state index contributed by atoms with van der Waals surface area (Å²) in [5.74, 6) is 2.68. The van der Waals surface area contributed by atoms with E-state index in [0.717, 1.165) is 67.0 Å². The van der Waals surface area contributed by atoms with Crippen molar-refractivity contribution in [2.45, 2.75) is 43.6 Å². The van der Waals surface area contributed by atoms with Crippen LogP contribution in [-0.2, 0) is 4.74 Å². The summed E-state index contributed by atoms with van der Waals surface area (Å²) in [7, 11) is 1.70. The number of fused-ring (bicyclic) bond motifs is 1. The van der Waals surface area contributed by atoms with E-state index in [-0.39, 0.29) is 0 Å². The highest BCUT2D eigenvalue weighted by Crippen LogP contribution is 2.43. The van der Waals surface area contributed by atoms with Gasteiger partial charge in [-0.1, -0.05) is 6.07 Å². The minimum absolute atomic E-state index is 0.391. The third-order valence-corrected chi connectivity index (χ3v) is 6.57. The van der Waals surface area contributed by atoms with Gasteiger partial charge in [0.15, 0.2) is 5.65 Å². The molecular weight excluding hydrogens is 392 g/mol. The lowest BCUT2D eigenvalue weighted by Gasteiger charge is -2.30. The lowest BCUT2D eigenvalue weighted by Crippen LogP contribution is -2.39. The van der Waals surface area contributed by atoms with Gasteiger partial charge >= 0.3 is 0 Å². The monoisotopic (exact) mass is 420 g/mol. The van der Waals surface area contributed by atoms with Crippen LogP contribution in [-0.4, -0.2) is 59.0 Å². The zero-order valence-electron chi connectivity index (χ0n) is 17.8. The van der Waals surface area contributed by atoms with E-state index in [2.05, 4.69) is 27.8 Å². The normalized spacial score (nSPS) is 21.8. The van der Waals surface area contributed by atoms with Gasteiger partial charge in [-0.3, -0.25) is 0 Å². The van der Waals surface area contributed by atoms with Crippen molar-refractivity contribution in [3.8, 4) is 17.1 Å². The molecule has 162 valence electrons. The van der Waals surface area contributed by atoms with E-state index in [0.29, 0.717) is 17.9 Å². The quantitative estimate of drug-likeness (QED) is 0.634. The van der Waals surface area contributed by atoms with Crippen LogP contribution in [0.1, 0.15) is 48.8 Å². The molecular formula is C23H28N6O2. The molecule has 31 heavy (non-hydrogen) atoms. The number of nitrogens with zero attached hydrogens (tertiary/aromatic N) is 4. The molecule has 5 heterocycles. The topological polar surface area (TPSA) is 85.6 Å². The van der Waals surface area contributed by atoms with Crippen molar-refractivity contribution in [3.05, 3.63) is 35.7 Å². The number of pyridine rings is 1. The Morgan fingerprint density at radius 2 is 2.10 bits per heavy atom. The number of ether oxygens (including phenoxy) is 2. The van der Waals surface area contributed by atoms with Crippen molar-refractivity contribution in [1.82, 2.24) is 24.9 Å². The fraction of sp³-hybridized carbons (Fsp3) is 0.522. The van der Waals surface area contributed by atoms with Crippen LogP contribution in [0.25, 0.3) is 17.0 Å². The first-order valence-corrected chi connectivity index (χ1v) is 11.3. The molecule has 2 saturated heterocycles. The molecule has 1 saturated carbocycles. The molecule has 8 heteroatoms. The van der Waals surface area contributed by atoms with E-state index in [1.165, 1.54) is 24.8 Å². The Balaban J connectivity index is 1.40. The maximum Gasteiger partial charge on any atom is 0.157 e. The summed E-state index contributed by atoms with van der Waals surface area (Å²) in [6.45, 7) is 3.59. The molecule has 3 aliphatic rings. The number of nitrogens with one attached hydrogen (secondary N) is 2. The van der Waals surface area contributed by atoms with E-state index in [1.54, 1.807) is 7.11 Å². The van der Waals surface area contributed by atoms with Crippen molar-refractivity contribution in [2.24, 2.45) is 0 Å². The van der Waals surface area contributed by atoms with Gasteiger partial charge in [0, 0.05) is 36.1 Å². The number of anilines is 1. The summed E-state index contributed by atoms with van der Waals surface area (Å²) in [6.07, 6.45) is 6.53. The fourth-order valence-electron chi connectivity index (χ4n) is 4.53. The number of piperidine rings is 1. The van der Waals surface area contributed by atoms with Gasteiger partial charge < -0.3 is 20.1 Å². The predicted octanol–water partition coefficient (Wildman–Crippen LogP) is 2.96. The second kappa shape index (κ2) is 7.76. The van der Waals surface area contributed by atoms with E-state index in [9.17, 15) is 0 Å². The van der Waals surface area contributed by atoms with Crippen LogP contribution in [0, 0.1) is 0 Å². The van der Waals surface area contributed by atoms with Crippen molar-refractivity contribution < 1.29 is 9.47 Å². The molecule has 0 unspecified atom stereocenters. The Labute approximate surface area is 181 Å². The first-order valence-electron chi connectivity index (χ1n) is 11.3. The molecule has 8 nitrogen and oxygen atoms in total. The summed E-state index contributed by atoms with van der Waals surface area (Å²) >= 11 is 0. The first kappa shape index (κ1) is 19.0. The number of aromatic nitrogens is 4. The van der Waals surface area contributed by atoms with E-state index in [1.807, 2.05) is 16.8 Å². The van der Waals surface area contributed by atoms with Crippen LogP contribution in [0.5, 0.6) is 5.75 Å². The molecule has 3 aromatic heterocycles. The lowest BCUT2D eigenvalue weighted by atomic mass is 9.97. The molecule has 0 amide bonds. The second-order valence-corrected chi connectivity index (χ2v) is 8.84. The summed E-state index contributed by atoms with van der Waals surface area (Å²) in [5.41, 5.74) is 4.82. The van der Waals surface area contributed by atoms with E-state index >= 15 is 0 Å². The predicted molar refractivity (Wildman–Crippen MR) is 118 cm³/mol. The van der Waals surface area contributed by atoms with Gasteiger partial charge in [-0.2, -0.15) is 5.10 Å². The maximum absolute atomic E-state index is 5.58. The molecule has 0 spiro atoms. The molecule has 0 radical (unpaired) electrons. The number of methoxy groups -OCH3 is 1. The summed E-state index contributed by atoms with van der Waals surface area (Å²) in [6, 6.07) is 6.65. The van der Waals surface area contributed by atoms with Crippen LogP contribution in [0.4, 0.5) is 5.82 Å². The third kappa shape index (κ3) is 3.53. The van der Waals surface area contributed by atoms with Gasteiger partial charge in [0.25, 0.3) is 0 Å². The Hall–Kier alpha value is -2.71. The van der Waals surface area contributed by atoms with Gasteiger partial charge in [0.2, 0.25) is 0 Å². The van der Waals surface area contributed by atoms with Gasteiger partial charge in [-0.25, -0.2) is 14.5 Å². The first-order chi connectivity index (χ1) is 15.3. The van der Waals surface area contributed by atoms with Gasteiger partial charge in [-0.05, 0) is 38.3 Å². The van der Waals surface area contributed by atoms with Crippen LogP contribution >= 0.6 is 0 Å². The molecule has 0 bridgehead atoms. The zero-order valence-corrected chi connectivity index (χ0v) is 17.8. The summed E-state index contributed by atoms with van der Waals surface area (Å²) in [4.78, 5) is 9.65. The average molecular weight is 421 g/mol. The number of rotatable bonds is 6. The van der Waals surface area contributed by atoms with Gasteiger partial charge in [-0.15, -0.1) is 0 Å². The highest BCUT2D eigenvalue weighted by molar-refractivity contribution is 5.64. The SMILES string of the molecule is COc1cc2ncc(-c3ccc(C4COC4)c(N[C@H]4CCCNC4)n3)n2nc1C1CC1. The molecule has 6 rings (SSSR count). The number of imidazole rings is 1. The van der Waals surface area contributed by atoms with Gasteiger partial charge in [0.1, 0.15) is 23.0 Å². The summed E-state index contributed by atoms with van der Waals surface area (Å²) in [5, 5.41) is 12.1. The van der Waals surface area contributed by atoms with Gasteiger partial charge in [0.05, 0.1) is 32.2 Å². The van der Waals surface area contributed by atoms with Crippen LogP contribution < -0.4 is 15.4 Å². The lowest BCUT2D eigenvalue weighted by molar-refractivity contribution is 0.00856. The molecule has 2 aliphatic heterocycles. The number of hydrogen-bond donors (Lipinski definition) is 2. The van der Waals surface area contributed by atoms with Crippen molar-refractivity contribution in [1.29, 1.82) is 0 Å². The third-order valence-electron chi connectivity index (χ3n) is 6.57. The number of hydrogen-bond acceptors (Lipinski definition) is 7. The fourth-order valence-corrected chi connectivity index (χ4v) is 4.53. The van der Waals surface area contributed by atoms with Crippen molar-refractivity contribution in [2.75, 3.05) is 38.7 Å². The molecule has 1 atom stereocenters. The smallest absolute Gasteiger partial charge is 0.157 e. The van der Waals surface area contributed by atoms with E-state index in [4.69, 9.17) is 19.6 Å². The van der Waals surface area contributed by atoms with Crippen LogP contribution in [0.15, 0.2) is 24.4 Å². The molecule has 3 aromatic rings. The van der Waals surface area contributed by atoms with Crippen molar-refractivity contribution in [3.63, 3.8) is 0 Å². The molecule has 2 N–H and O–H groups in total.